The highest BCUT2D eigenvalue weighted by Crippen LogP contribution is 2.47. The van der Waals surface area contributed by atoms with E-state index in [1.807, 2.05) is 21.7 Å². The Bertz CT molecular complexity index is 991. The molecule has 0 saturated carbocycles. The van der Waals surface area contributed by atoms with Crippen LogP contribution in [0, 0.1) is 5.92 Å². The van der Waals surface area contributed by atoms with Crippen molar-refractivity contribution in [1.82, 2.24) is 24.3 Å². The van der Waals surface area contributed by atoms with Crippen LogP contribution < -0.4 is 0 Å². The van der Waals surface area contributed by atoms with Crippen LogP contribution in [0.5, 0.6) is 0 Å². The van der Waals surface area contributed by atoms with Gasteiger partial charge in [-0.3, -0.25) is 9.69 Å². The van der Waals surface area contributed by atoms with Gasteiger partial charge in [0, 0.05) is 37.9 Å². The summed E-state index contributed by atoms with van der Waals surface area (Å²) in [5.74, 6) is -1.34. The molecule has 32 heavy (non-hydrogen) atoms. The Hall–Kier alpha value is -1.91. The molecule has 11 heteroatoms. The van der Waals surface area contributed by atoms with Crippen LogP contribution in [-0.4, -0.2) is 74.7 Å². The number of hydrogen-bond acceptors (Lipinski definition) is 5. The molecule has 2 aromatic heterocycles. The summed E-state index contributed by atoms with van der Waals surface area (Å²) in [5, 5.41) is 1.12. The number of nitrogens with zero attached hydrogens (tertiary/aromatic N) is 5. The number of carbonyl (C=O) groups excluding carboxylic acids is 1. The van der Waals surface area contributed by atoms with Gasteiger partial charge in [0.15, 0.2) is 0 Å². The molecule has 1 amide bonds. The first kappa shape index (κ1) is 21.9. The summed E-state index contributed by atoms with van der Waals surface area (Å²) in [6, 6.07) is 1.85. The second-order valence-electron chi connectivity index (χ2n) is 9.13. The van der Waals surface area contributed by atoms with Crippen LogP contribution in [0.1, 0.15) is 38.3 Å². The molecule has 174 valence electrons. The fraction of sp³-hybridized carbons (Fsp3) is 0.667. The largest absolute Gasteiger partial charge is 0.393 e. The zero-order chi connectivity index (χ0) is 22.5. The van der Waals surface area contributed by atoms with Crippen molar-refractivity contribution in [3.05, 3.63) is 23.7 Å². The van der Waals surface area contributed by atoms with Gasteiger partial charge in [-0.1, -0.05) is 11.6 Å². The number of aromatic nitrogens is 3. The highest BCUT2D eigenvalue weighted by molar-refractivity contribution is 6.33. The second kappa shape index (κ2) is 8.14. The molecular weight excluding hydrogens is 447 g/mol. The van der Waals surface area contributed by atoms with Gasteiger partial charge in [0.1, 0.15) is 23.4 Å². The summed E-state index contributed by atoms with van der Waals surface area (Å²) in [4.78, 5) is 23.1. The summed E-state index contributed by atoms with van der Waals surface area (Å²) >= 11 is 6.14. The van der Waals surface area contributed by atoms with Gasteiger partial charge in [-0.05, 0) is 38.2 Å². The monoisotopic (exact) mass is 471 g/mol. The first-order valence-electron chi connectivity index (χ1n) is 10.9. The molecule has 1 spiro atoms. The Balaban J connectivity index is 1.31. The summed E-state index contributed by atoms with van der Waals surface area (Å²) in [6.45, 7) is 1.44. The number of hydrogen-bond donors (Lipinski definition) is 0. The van der Waals surface area contributed by atoms with Gasteiger partial charge in [-0.25, -0.2) is 9.97 Å². The Morgan fingerprint density at radius 2 is 2.03 bits per heavy atom. The quantitative estimate of drug-likeness (QED) is 0.503. The highest BCUT2D eigenvalue weighted by atomic mass is 35.5. The number of likely N-dealkylation sites (tertiary alicyclic amines) is 2. The molecule has 5 heterocycles. The summed E-state index contributed by atoms with van der Waals surface area (Å²) in [7, 11) is 0. The molecule has 3 unspecified atom stereocenters. The van der Waals surface area contributed by atoms with Crippen molar-refractivity contribution >= 4 is 29.0 Å². The molecule has 3 aliphatic heterocycles. The normalized spacial score (nSPS) is 28.8. The fourth-order valence-electron chi connectivity index (χ4n) is 5.61. The lowest BCUT2D eigenvalue weighted by Gasteiger charge is -2.45. The van der Waals surface area contributed by atoms with E-state index in [9.17, 15) is 18.0 Å². The van der Waals surface area contributed by atoms with E-state index in [0.717, 1.165) is 24.6 Å². The number of piperidine rings is 1. The Morgan fingerprint density at radius 3 is 2.75 bits per heavy atom. The Morgan fingerprint density at radius 1 is 1.25 bits per heavy atom. The number of halogens is 4. The maximum absolute atomic E-state index is 13.6. The summed E-state index contributed by atoms with van der Waals surface area (Å²) in [6.07, 6.45) is 2.16. The van der Waals surface area contributed by atoms with Crippen molar-refractivity contribution in [2.75, 3.05) is 26.2 Å². The van der Waals surface area contributed by atoms with E-state index < -0.39 is 17.6 Å². The van der Waals surface area contributed by atoms with Gasteiger partial charge in [-0.15, -0.1) is 0 Å². The zero-order valence-corrected chi connectivity index (χ0v) is 18.2. The lowest BCUT2D eigenvalue weighted by molar-refractivity contribution is -0.171. The average molecular weight is 472 g/mol. The van der Waals surface area contributed by atoms with Crippen LogP contribution >= 0.6 is 11.6 Å². The topological polar surface area (TPSA) is 63.5 Å². The number of ether oxygens (including phenoxy) is 1. The van der Waals surface area contributed by atoms with Crippen LogP contribution in [0.3, 0.4) is 0 Å². The maximum Gasteiger partial charge on any atom is 0.393 e. The lowest BCUT2D eigenvalue weighted by atomic mass is 9.82. The molecule has 3 fully saturated rings. The van der Waals surface area contributed by atoms with E-state index in [1.54, 1.807) is 4.90 Å². The van der Waals surface area contributed by atoms with Crippen molar-refractivity contribution in [2.24, 2.45) is 5.92 Å². The minimum Gasteiger partial charge on any atom is -0.353 e. The molecule has 7 nitrogen and oxygen atoms in total. The van der Waals surface area contributed by atoms with Crippen molar-refractivity contribution in [3.8, 4) is 0 Å². The van der Waals surface area contributed by atoms with Gasteiger partial charge in [0.2, 0.25) is 6.41 Å². The van der Waals surface area contributed by atoms with Crippen molar-refractivity contribution < 1.29 is 22.7 Å². The molecule has 0 N–H and O–H groups in total. The van der Waals surface area contributed by atoms with E-state index in [-0.39, 0.29) is 25.3 Å². The number of carbonyl (C=O) groups is 1. The summed E-state index contributed by atoms with van der Waals surface area (Å²) in [5.41, 5.74) is 0.161. The van der Waals surface area contributed by atoms with Crippen LogP contribution in [0.2, 0.25) is 5.15 Å². The van der Waals surface area contributed by atoms with Gasteiger partial charge >= 0.3 is 6.18 Å². The van der Waals surface area contributed by atoms with E-state index in [0.29, 0.717) is 43.3 Å². The van der Waals surface area contributed by atoms with Crippen molar-refractivity contribution in [3.63, 3.8) is 0 Å². The van der Waals surface area contributed by atoms with Crippen LogP contribution in [0.15, 0.2) is 18.6 Å². The summed E-state index contributed by atoms with van der Waals surface area (Å²) < 4.78 is 49.0. The van der Waals surface area contributed by atoms with Crippen LogP contribution in [0.25, 0.3) is 11.0 Å². The zero-order valence-electron chi connectivity index (χ0n) is 17.5. The number of amides is 1. The maximum atomic E-state index is 13.6. The Kier molecular flexibility index (Phi) is 5.58. The first-order valence-corrected chi connectivity index (χ1v) is 11.3. The molecule has 3 aliphatic rings. The molecule has 3 saturated heterocycles. The third-order valence-corrected chi connectivity index (χ3v) is 7.66. The highest BCUT2D eigenvalue weighted by Gasteiger charge is 2.55. The van der Waals surface area contributed by atoms with E-state index in [2.05, 4.69) is 9.97 Å². The molecule has 3 atom stereocenters. The molecule has 5 rings (SSSR count). The number of fused-ring (bicyclic) bond motifs is 1. The van der Waals surface area contributed by atoms with Gasteiger partial charge < -0.3 is 14.2 Å². The smallest absolute Gasteiger partial charge is 0.353 e. The molecular formula is C21H25ClF3N5O2. The minimum absolute atomic E-state index is 0.00952. The molecule has 0 aliphatic carbocycles. The fourth-order valence-corrected chi connectivity index (χ4v) is 5.80. The van der Waals surface area contributed by atoms with E-state index in [1.165, 1.54) is 6.33 Å². The molecule has 0 bridgehead atoms. The van der Waals surface area contributed by atoms with Gasteiger partial charge in [0.05, 0.1) is 17.4 Å². The van der Waals surface area contributed by atoms with Crippen LogP contribution in [-0.2, 0) is 9.53 Å². The first-order chi connectivity index (χ1) is 15.3. The predicted molar refractivity (Wildman–Crippen MR) is 111 cm³/mol. The third kappa shape index (κ3) is 3.86. The van der Waals surface area contributed by atoms with Gasteiger partial charge in [0.25, 0.3) is 0 Å². The van der Waals surface area contributed by atoms with E-state index in [4.69, 9.17) is 16.3 Å². The number of rotatable bonds is 4. The third-order valence-electron chi connectivity index (χ3n) is 7.36. The lowest BCUT2D eigenvalue weighted by Crippen LogP contribution is -2.53. The second-order valence-corrected chi connectivity index (χ2v) is 9.49. The predicted octanol–water partition coefficient (Wildman–Crippen LogP) is 3.64. The SMILES string of the molecule is O=CN1CCC2(CC1)CC(C(F)(F)F)CN2CC1CCC(n2ccc3c(Cl)ncnc32)O1. The van der Waals surface area contributed by atoms with Crippen LogP contribution in [0.4, 0.5) is 13.2 Å². The molecule has 2 aromatic rings. The number of alkyl halides is 3. The standard InChI is InChI=1S/C21H25ClF3N5O2/c22-18-16-3-6-30(19(16)27-12-26-18)17-2-1-15(32-17)11-29-10-14(21(23,24)25)9-20(29)4-7-28(13-31)8-5-20/h3,6,12-15,17H,1-2,4-5,7-11H2. The van der Waals surface area contributed by atoms with Crippen molar-refractivity contribution in [1.29, 1.82) is 0 Å². The minimum atomic E-state index is -4.22. The van der Waals surface area contributed by atoms with Crippen molar-refractivity contribution in [2.45, 2.75) is 56.2 Å². The average Bonchev–Trinajstić information content (AvgIpc) is 3.47. The molecule has 0 aromatic carbocycles. The Labute approximate surface area is 188 Å². The van der Waals surface area contributed by atoms with Gasteiger partial charge in [-0.2, -0.15) is 13.2 Å². The van der Waals surface area contributed by atoms with E-state index >= 15 is 0 Å². The molecule has 0 radical (unpaired) electrons.